The lowest BCUT2D eigenvalue weighted by molar-refractivity contribution is -0.0679. The molecule has 98 valence electrons. The molecule has 1 aromatic rings. The fraction of sp³-hybridized carbons (Fsp3) is 0.462. The van der Waals surface area contributed by atoms with Crippen LogP contribution in [0.1, 0.15) is 29.6 Å². The van der Waals surface area contributed by atoms with Gasteiger partial charge in [0.15, 0.2) is 0 Å². The number of ether oxygens (including phenoxy) is 1. The standard InChI is InChI=1S/C13H15BrFNO2/c1-18-13(5-2-6-13)8-16-12(17)9-3-4-11(15)10(14)7-9/h3-4,7H,2,5-6,8H2,1H3,(H,16,17). The van der Waals surface area contributed by atoms with Gasteiger partial charge in [-0.1, -0.05) is 0 Å². The Morgan fingerprint density at radius 2 is 2.28 bits per heavy atom. The van der Waals surface area contributed by atoms with Crippen LogP contribution in [0.4, 0.5) is 4.39 Å². The predicted molar refractivity (Wildman–Crippen MR) is 70.0 cm³/mol. The van der Waals surface area contributed by atoms with Gasteiger partial charge in [-0.25, -0.2) is 4.39 Å². The van der Waals surface area contributed by atoms with Crippen molar-refractivity contribution < 1.29 is 13.9 Å². The fourth-order valence-corrected chi connectivity index (χ4v) is 2.38. The van der Waals surface area contributed by atoms with Crippen LogP contribution >= 0.6 is 15.9 Å². The van der Waals surface area contributed by atoms with Crippen LogP contribution in [0.25, 0.3) is 0 Å². The first-order valence-corrected chi connectivity index (χ1v) is 6.64. The molecule has 1 amide bonds. The van der Waals surface area contributed by atoms with Gasteiger partial charge in [0.25, 0.3) is 5.91 Å². The minimum Gasteiger partial charge on any atom is -0.376 e. The van der Waals surface area contributed by atoms with Gasteiger partial charge < -0.3 is 10.1 Å². The van der Waals surface area contributed by atoms with Crippen molar-refractivity contribution in [3.05, 3.63) is 34.1 Å². The third kappa shape index (κ3) is 2.72. The van der Waals surface area contributed by atoms with Crippen molar-refractivity contribution in [2.24, 2.45) is 0 Å². The Morgan fingerprint density at radius 1 is 1.56 bits per heavy atom. The lowest BCUT2D eigenvalue weighted by atomic mass is 9.80. The molecule has 0 heterocycles. The molecule has 0 aromatic heterocycles. The average Bonchev–Trinajstić information content (AvgIpc) is 2.31. The highest BCUT2D eigenvalue weighted by Crippen LogP contribution is 2.34. The molecule has 0 spiro atoms. The predicted octanol–water partition coefficient (Wildman–Crippen LogP) is 2.89. The third-order valence-electron chi connectivity index (χ3n) is 3.45. The molecule has 1 N–H and O–H groups in total. The number of hydrogen-bond donors (Lipinski definition) is 1. The van der Waals surface area contributed by atoms with Crippen LogP contribution in [-0.2, 0) is 4.74 Å². The van der Waals surface area contributed by atoms with Crippen molar-refractivity contribution >= 4 is 21.8 Å². The summed E-state index contributed by atoms with van der Waals surface area (Å²) in [5.41, 5.74) is 0.237. The second-order valence-corrected chi connectivity index (χ2v) is 5.41. The minimum atomic E-state index is -0.376. The maximum atomic E-state index is 13.1. The van der Waals surface area contributed by atoms with Crippen LogP contribution in [0.3, 0.4) is 0 Å². The molecule has 1 fully saturated rings. The zero-order chi connectivity index (χ0) is 13.2. The van der Waals surface area contributed by atoms with E-state index in [9.17, 15) is 9.18 Å². The number of carbonyl (C=O) groups is 1. The molecule has 0 radical (unpaired) electrons. The highest BCUT2D eigenvalue weighted by atomic mass is 79.9. The summed E-state index contributed by atoms with van der Waals surface area (Å²) >= 11 is 3.06. The highest BCUT2D eigenvalue weighted by Gasteiger charge is 2.37. The van der Waals surface area contributed by atoms with E-state index in [-0.39, 0.29) is 17.3 Å². The monoisotopic (exact) mass is 315 g/mol. The van der Waals surface area contributed by atoms with Crippen LogP contribution < -0.4 is 5.32 Å². The van der Waals surface area contributed by atoms with Crippen LogP contribution in [0.15, 0.2) is 22.7 Å². The molecule has 1 saturated carbocycles. The summed E-state index contributed by atoms with van der Waals surface area (Å²) in [4.78, 5) is 11.9. The highest BCUT2D eigenvalue weighted by molar-refractivity contribution is 9.10. The summed E-state index contributed by atoms with van der Waals surface area (Å²) in [5.74, 6) is -0.585. The zero-order valence-electron chi connectivity index (χ0n) is 10.1. The number of rotatable bonds is 4. The molecule has 1 aromatic carbocycles. The Kier molecular flexibility index (Phi) is 4.02. The van der Waals surface area contributed by atoms with Crippen molar-refractivity contribution in [1.82, 2.24) is 5.32 Å². The topological polar surface area (TPSA) is 38.3 Å². The average molecular weight is 316 g/mol. The van der Waals surface area contributed by atoms with Crippen LogP contribution in [-0.4, -0.2) is 25.2 Å². The van der Waals surface area contributed by atoms with Gasteiger partial charge in [-0.3, -0.25) is 4.79 Å². The van der Waals surface area contributed by atoms with Crippen LogP contribution in [0.5, 0.6) is 0 Å². The van der Waals surface area contributed by atoms with Crippen molar-refractivity contribution in [1.29, 1.82) is 0 Å². The molecule has 0 aliphatic heterocycles. The number of amides is 1. The Bertz CT molecular complexity index is 455. The number of nitrogens with one attached hydrogen (secondary N) is 1. The lowest BCUT2D eigenvalue weighted by Gasteiger charge is -2.40. The maximum absolute atomic E-state index is 13.1. The molecular formula is C13H15BrFNO2. The number of hydrogen-bond acceptors (Lipinski definition) is 2. The molecular weight excluding hydrogens is 301 g/mol. The molecule has 3 nitrogen and oxygen atoms in total. The van der Waals surface area contributed by atoms with Crippen molar-refractivity contribution in [2.45, 2.75) is 24.9 Å². The van der Waals surface area contributed by atoms with Gasteiger partial charge in [-0.2, -0.15) is 0 Å². The molecule has 5 heteroatoms. The molecule has 0 bridgehead atoms. The lowest BCUT2D eigenvalue weighted by Crippen LogP contribution is -2.49. The maximum Gasteiger partial charge on any atom is 0.251 e. The second-order valence-electron chi connectivity index (χ2n) is 4.55. The first-order valence-electron chi connectivity index (χ1n) is 5.85. The van der Waals surface area contributed by atoms with E-state index in [4.69, 9.17) is 4.74 Å². The first-order chi connectivity index (χ1) is 8.56. The van der Waals surface area contributed by atoms with E-state index >= 15 is 0 Å². The quantitative estimate of drug-likeness (QED) is 0.927. The Hall–Kier alpha value is -0.940. The second kappa shape index (κ2) is 5.36. The number of carbonyl (C=O) groups excluding carboxylic acids is 1. The third-order valence-corrected chi connectivity index (χ3v) is 4.06. The molecule has 1 aliphatic rings. The SMILES string of the molecule is COC1(CNC(=O)c2ccc(F)c(Br)c2)CCC1. The van der Waals surface area contributed by atoms with Gasteiger partial charge in [-0.15, -0.1) is 0 Å². The summed E-state index contributed by atoms with van der Waals surface area (Å²) in [7, 11) is 1.67. The molecule has 0 atom stereocenters. The van der Waals surface area contributed by atoms with Gasteiger partial charge in [0.05, 0.1) is 10.1 Å². The summed E-state index contributed by atoms with van der Waals surface area (Å²) < 4.78 is 18.8. The zero-order valence-corrected chi connectivity index (χ0v) is 11.7. The Labute approximate surface area is 114 Å². The van der Waals surface area contributed by atoms with Crippen molar-refractivity contribution in [3.63, 3.8) is 0 Å². The summed E-state index contributed by atoms with van der Waals surface area (Å²) in [5, 5.41) is 2.83. The molecule has 0 saturated heterocycles. The Balaban J connectivity index is 1.97. The van der Waals surface area contributed by atoms with Gasteiger partial charge in [0.2, 0.25) is 0 Å². The van der Waals surface area contributed by atoms with E-state index in [1.54, 1.807) is 7.11 Å². The van der Waals surface area contributed by atoms with E-state index in [0.29, 0.717) is 16.6 Å². The van der Waals surface area contributed by atoms with E-state index in [0.717, 1.165) is 19.3 Å². The van der Waals surface area contributed by atoms with Gasteiger partial charge in [0, 0.05) is 19.2 Å². The summed E-state index contributed by atoms with van der Waals surface area (Å²) in [6.07, 6.45) is 3.07. The van der Waals surface area contributed by atoms with Gasteiger partial charge >= 0.3 is 0 Å². The molecule has 18 heavy (non-hydrogen) atoms. The van der Waals surface area contributed by atoms with Crippen LogP contribution in [0.2, 0.25) is 0 Å². The molecule has 1 aliphatic carbocycles. The van der Waals surface area contributed by atoms with Crippen molar-refractivity contribution in [3.8, 4) is 0 Å². The smallest absolute Gasteiger partial charge is 0.251 e. The van der Waals surface area contributed by atoms with Gasteiger partial charge in [0.1, 0.15) is 5.82 Å². The fourth-order valence-electron chi connectivity index (χ4n) is 2.00. The number of benzene rings is 1. The number of halogens is 2. The van der Waals surface area contributed by atoms with Gasteiger partial charge in [-0.05, 0) is 53.4 Å². The summed E-state index contributed by atoms with van der Waals surface area (Å²) in [6, 6.07) is 4.22. The van der Waals surface area contributed by atoms with Crippen LogP contribution in [0, 0.1) is 5.82 Å². The Morgan fingerprint density at radius 3 is 2.78 bits per heavy atom. The summed E-state index contributed by atoms with van der Waals surface area (Å²) in [6.45, 7) is 0.497. The van der Waals surface area contributed by atoms with E-state index in [1.165, 1.54) is 18.2 Å². The van der Waals surface area contributed by atoms with E-state index in [2.05, 4.69) is 21.2 Å². The normalized spacial score (nSPS) is 17.1. The number of methoxy groups -OCH3 is 1. The largest absolute Gasteiger partial charge is 0.376 e. The molecule has 2 rings (SSSR count). The van der Waals surface area contributed by atoms with E-state index in [1.807, 2.05) is 0 Å². The van der Waals surface area contributed by atoms with E-state index < -0.39 is 0 Å². The first kappa shape index (κ1) is 13.5. The van der Waals surface area contributed by atoms with Crippen molar-refractivity contribution in [2.75, 3.05) is 13.7 Å². The minimum absolute atomic E-state index is 0.201. The molecule has 0 unspecified atom stereocenters.